The highest BCUT2D eigenvalue weighted by Gasteiger charge is 2.10. The number of anilines is 1. The van der Waals surface area contributed by atoms with Crippen molar-refractivity contribution in [3.05, 3.63) is 54.1 Å². The third kappa shape index (κ3) is 4.83. The summed E-state index contributed by atoms with van der Waals surface area (Å²) in [7, 11) is 0. The van der Waals surface area contributed by atoms with Crippen LogP contribution in [0.5, 0.6) is 5.75 Å². The maximum absolute atomic E-state index is 10.7. The van der Waals surface area contributed by atoms with Gasteiger partial charge in [0.25, 0.3) is 0 Å². The van der Waals surface area contributed by atoms with Crippen LogP contribution in [0.25, 0.3) is 0 Å². The smallest absolute Gasteiger partial charge is 0.135 e. The van der Waals surface area contributed by atoms with Crippen molar-refractivity contribution in [1.82, 2.24) is 0 Å². The van der Waals surface area contributed by atoms with Gasteiger partial charge in [0, 0.05) is 25.0 Å². The van der Waals surface area contributed by atoms with E-state index in [-0.39, 0.29) is 0 Å². The van der Waals surface area contributed by atoms with Gasteiger partial charge in [0.1, 0.15) is 11.9 Å². The molecule has 0 radical (unpaired) electrons. The summed E-state index contributed by atoms with van der Waals surface area (Å²) in [6.07, 6.45) is 0.773. The maximum atomic E-state index is 10.7. The molecule has 0 spiro atoms. The lowest BCUT2D eigenvalue weighted by atomic mass is 10.2. The number of hydrogen-bond donors (Lipinski definition) is 0. The summed E-state index contributed by atoms with van der Waals surface area (Å²) in [4.78, 5) is 17.5. The molecule has 0 unspecified atom stereocenters. The van der Waals surface area contributed by atoms with E-state index in [9.17, 15) is 9.90 Å². The summed E-state index contributed by atoms with van der Waals surface area (Å²) < 4.78 is 10.6. The van der Waals surface area contributed by atoms with Gasteiger partial charge in [-0.1, -0.05) is 0 Å². The molecule has 0 aromatic heterocycles. The van der Waals surface area contributed by atoms with Gasteiger partial charge >= 0.3 is 0 Å². The van der Waals surface area contributed by atoms with Crippen molar-refractivity contribution >= 4 is 23.6 Å². The molecule has 1 saturated heterocycles. The second kappa shape index (κ2) is 8.49. The molecule has 0 amide bonds. The number of ether oxygens (including phenoxy) is 2. The molecule has 0 aliphatic carbocycles. The summed E-state index contributed by atoms with van der Waals surface area (Å²) in [5.74, 6) is -0.759. The van der Waals surface area contributed by atoms with E-state index in [0.29, 0.717) is 5.75 Å². The highest BCUT2D eigenvalue weighted by atomic mass is 16.5. The normalized spacial score (nSPS) is 15.8. The van der Waals surface area contributed by atoms with Crippen molar-refractivity contribution in [3.63, 3.8) is 0 Å². The van der Waals surface area contributed by atoms with Crippen LogP contribution in [0.3, 0.4) is 0 Å². The second-order valence-electron chi connectivity index (χ2n) is 6.02. The zero-order chi connectivity index (χ0) is 18.4. The molecule has 26 heavy (non-hydrogen) atoms. The molecule has 2 aromatic carbocycles. The highest BCUT2D eigenvalue weighted by molar-refractivity contribution is 5.82. The predicted octanol–water partition coefficient (Wildman–Crippen LogP) is 1.79. The molecule has 0 N–H and O–H groups in total. The molecule has 6 nitrogen and oxygen atoms in total. The fourth-order valence-electron chi connectivity index (χ4n) is 2.60. The SMILES string of the molecule is C[C@@H](Oc1ccc(C=Nc2ccc(N3CCOCC3)cc2)cc1)C(=O)[O-]. The van der Waals surface area contributed by atoms with Crippen molar-refractivity contribution in [2.75, 3.05) is 31.2 Å². The van der Waals surface area contributed by atoms with E-state index in [0.717, 1.165) is 37.6 Å². The number of carbonyl (C=O) groups is 1. The highest BCUT2D eigenvalue weighted by Crippen LogP contribution is 2.21. The molecule has 1 fully saturated rings. The fraction of sp³-hybridized carbons (Fsp3) is 0.300. The minimum Gasteiger partial charge on any atom is -0.546 e. The van der Waals surface area contributed by atoms with Crippen LogP contribution in [0, 0.1) is 0 Å². The first-order valence-corrected chi connectivity index (χ1v) is 8.56. The van der Waals surface area contributed by atoms with E-state index in [2.05, 4.69) is 22.0 Å². The number of rotatable bonds is 6. The molecule has 6 heteroatoms. The Balaban J connectivity index is 1.59. The Morgan fingerprint density at radius 2 is 1.81 bits per heavy atom. The lowest BCUT2D eigenvalue weighted by Gasteiger charge is -2.28. The third-order valence-corrected chi connectivity index (χ3v) is 4.11. The summed E-state index contributed by atoms with van der Waals surface area (Å²) >= 11 is 0. The van der Waals surface area contributed by atoms with Gasteiger partial charge in [-0.15, -0.1) is 0 Å². The molecule has 0 bridgehead atoms. The molecular formula is C20H21N2O4-. The molecule has 2 aromatic rings. The van der Waals surface area contributed by atoms with Gasteiger partial charge in [0.05, 0.1) is 24.9 Å². The maximum Gasteiger partial charge on any atom is 0.135 e. The predicted molar refractivity (Wildman–Crippen MR) is 98.3 cm³/mol. The molecule has 1 aliphatic heterocycles. The number of nitrogens with zero attached hydrogens (tertiary/aromatic N) is 2. The number of benzene rings is 2. The number of hydrogen-bond acceptors (Lipinski definition) is 6. The molecule has 0 saturated carbocycles. The first kappa shape index (κ1) is 17.9. The molecule has 1 atom stereocenters. The quantitative estimate of drug-likeness (QED) is 0.740. The largest absolute Gasteiger partial charge is 0.546 e. The van der Waals surface area contributed by atoms with Crippen molar-refractivity contribution in [3.8, 4) is 5.75 Å². The van der Waals surface area contributed by atoms with Crippen molar-refractivity contribution in [1.29, 1.82) is 0 Å². The van der Waals surface area contributed by atoms with Gasteiger partial charge in [-0.3, -0.25) is 4.99 Å². The van der Waals surface area contributed by atoms with Crippen LogP contribution in [0.2, 0.25) is 0 Å². The number of aliphatic carboxylic acids is 1. The summed E-state index contributed by atoms with van der Waals surface area (Å²) in [5, 5.41) is 10.7. The van der Waals surface area contributed by atoms with Gasteiger partial charge in [-0.05, 0) is 61.0 Å². The van der Waals surface area contributed by atoms with E-state index in [4.69, 9.17) is 9.47 Å². The van der Waals surface area contributed by atoms with E-state index in [1.54, 1.807) is 18.3 Å². The standard InChI is InChI=1S/C20H22N2O4/c1-15(20(23)24)26-19-8-2-16(3-9-19)14-21-17-4-6-18(7-5-17)22-10-12-25-13-11-22/h2-9,14-15H,10-13H2,1H3,(H,23,24)/p-1/t15-/m1/s1. The first-order chi connectivity index (χ1) is 12.6. The summed E-state index contributed by atoms with van der Waals surface area (Å²) in [6.45, 7) is 4.79. The Hall–Kier alpha value is -2.86. The molecule has 3 rings (SSSR count). The van der Waals surface area contributed by atoms with Crippen LogP contribution in [0.4, 0.5) is 11.4 Å². The molecule has 1 aliphatic rings. The first-order valence-electron chi connectivity index (χ1n) is 8.56. The van der Waals surface area contributed by atoms with Crippen molar-refractivity contribution < 1.29 is 19.4 Å². The minimum atomic E-state index is -1.24. The van der Waals surface area contributed by atoms with Gasteiger partial charge in [-0.25, -0.2) is 0 Å². The zero-order valence-corrected chi connectivity index (χ0v) is 14.6. The Bertz CT molecular complexity index is 750. The number of aliphatic imine (C=N–C) groups is 1. The average Bonchev–Trinajstić information content (AvgIpc) is 2.68. The number of carboxylic acids is 1. The summed E-state index contributed by atoms with van der Waals surface area (Å²) in [5.41, 5.74) is 2.94. The lowest BCUT2D eigenvalue weighted by Crippen LogP contribution is -2.37. The Morgan fingerprint density at radius 3 is 2.42 bits per heavy atom. The Kier molecular flexibility index (Phi) is 5.86. The monoisotopic (exact) mass is 353 g/mol. The number of carboxylic acid groups (broad SMARTS) is 1. The molecular weight excluding hydrogens is 332 g/mol. The zero-order valence-electron chi connectivity index (χ0n) is 14.6. The Morgan fingerprint density at radius 1 is 1.15 bits per heavy atom. The molecule has 1 heterocycles. The minimum absolute atomic E-state index is 0.480. The van der Waals surface area contributed by atoms with Crippen LogP contribution in [-0.4, -0.2) is 44.6 Å². The van der Waals surface area contributed by atoms with Crippen LogP contribution in [-0.2, 0) is 9.53 Å². The lowest BCUT2D eigenvalue weighted by molar-refractivity contribution is -0.312. The van der Waals surface area contributed by atoms with Gasteiger partial charge in [0.2, 0.25) is 0 Å². The van der Waals surface area contributed by atoms with E-state index in [1.807, 2.05) is 24.3 Å². The van der Waals surface area contributed by atoms with Crippen LogP contribution >= 0.6 is 0 Å². The Labute approximate surface area is 152 Å². The van der Waals surface area contributed by atoms with Gasteiger partial charge in [-0.2, -0.15) is 0 Å². The second-order valence-corrected chi connectivity index (χ2v) is 6.02. The van der Waals surface area contributed by atoms with Crippen molar-refractivity contribution in [2.24, 2.45) is 4.99 Å². The van der Waals surface area contributed by atoms with Crippen molar-refractivity contribution in [2.45, 2.75) is 13.0 Å². The topological polar surface area (TPSA) is 74.2 Å². The van der Waals surface area contributed by atoms with Gasteiger partial charge < -0.3 is 24.3 Å². The van der Waals surface area contributed by atoms with E-state index < -0.39 is 12.1 Å². The molecule has 136 valence electrons. The van der Waals surface area contributed by atoms with Crippen LogP contribution in [0.15, 0.2) is 53.5 Å². The van der Waals surface area contributed by atoms with E-state index in [1.165, 1.54) is 12.6 Å². The average molecular weight is 353 g/mol. The van der Waals surface area contributed by atoms with Gasteiger partial charge in [0.15, 0.2) is 0 Å². The fourth-order valence-corrected chi connectivity index (χ4v) is 2.60. The van der Waals surface area contributed by atoms with E-state index >= 15 is 0 Å². The van der Waals surface area contributed by atoms with Crippen LogP contribution in [0.1, 0.15) is 12.5 Å². The van der Waals surface area contributed by atoms with Crippen LogP contribution < -0.4 is 14.7 Å². The third-order valence-electron chi connectivity index (χ3n) is 4.11. The number of morpholine rings is 1. The summed E-state index contributed by atoms with van der Waals surface area (Å²) in [6, 6.07) is 15.2. The number of carbonyl (C=O) groups excluding carboxylic acids is 1.